The van der Waals surface area contributed by atoms with Crippen LogP contribution in [0.15, 0.2) is 109 Å². The zero-order chi connectivity index (χ0) is 43.9. The Bertz CT molecular complexity index is 2490. The molecule has 0 spiro atoms. The first kappa shape index (κ1) is 43.4. The maximum Gasteiger partial charge on any atom is 0.251 e. The van der Waals surface area contributed by atoms with E-state index in [-0.39, 0.29) is 30.1 Å². The van der Waals surface area contributed by atoms with Crippen molar-refractivity contribution in [1.29, 1.82) is 0 Å². The number of amides is 2. The lowest BCUT2D eigenvalue weighted by Crippen LogP contribution is -2.45. The molecule has 3 fully saturated rings. The molecule has 3 aliphatic rings. The highest BCUT2D eigenvalue weighted by molar-refractivity contribution is 6.00. The molecule has 4 aromatic carbocycles. The van der Waals surface area contributed by atoms with Crippen LogP contribution in [0.4, 0.5) is 11.4 Å². The number of benzene rings is 4. The quantitative estimate of drug-likeness (QED) is 0.134. The number of rotatable bonds is 10. The molecule has 5 heterocycles. The van der Waals surface area contributed by atoms with E-state index in [1.165, 1.54) is 0 Å². The van der Waals surface area contributed by atoms with Crippen LogP contribution in [0.2, 0.25) is 0 Å². The average molecular weight is 849 g/mol. The van der Waals surface area contributed by atoms with Gasteiger partial charge >= 0.3 is 0 Å². The van der Waals surface area contributed by atoms with Gasteiger partial charge in [0.1, 0.15) is 29.8 Å². The van der Waals surface area contributed by atoms with E-state index in [9.17, 15) is 9.59 Å². The highest BCUT2D eigenvalue weighted by Crippen LogP contribution is 2.38. The summed E-state index contributed by atoms with van der Waals surface area (Å²) in [7, 11) is 8.22. The molecule has 3 saturated heterocycles. The Balaban J connectivity index is 0.000000174. The van der Waals surface area contributed by atoms with Crippen molar-refractivity contribution >= 4 is 45.0 Å². The van der Waals surface area contributed by atoms with Crippen molar-refractivity contribution < 1.29 is 23.8 Å². The van der Waals surface area contributed by atoms with Crippen LogP contribution in [0.5, 0.6) is 11.5 Å². The molecule has 0 radical (unpaired) electrons. The van der Waals surface area contributed by atoms with Crippen molar-refractivity contribution in [3.05, 3.63) is 109 Å². The van der Waals surface area contributed by atoms with Gasteiger partial charge in [-0.25, -0.2) is 0 Å². The normalized spacial score (nSPS) is 17.0. The lowest BCUT2D eigenvalue weighted by atomic mass is 10.00. The Morgan fingerprint density at radius 2 is 1.08 bits per heavy atom. The second-order valence-electron chi connectivity index (χ2n) is 17.1. The number of likely N-dealkylation sites (tertiary alicyclic amines) is 2. The topological polar surface area (TPSA) is 101 Å². The second kappa shape index (κ2) is 19.9. The molecule has 328 valence electrons. The van der Waals surface area contributed by atoms with E-state index in [4.69, 9.17) is 14.2 Å². The minimum Gasteiger partial charge on any atom is -0.490 e. The van der Waals surface area contributed by atoms with Gasteiger partial charge in [0.25, 0.3) is 5.91 Å². The number of hydrogen-bond donors (Lipinski definition) is 0. The number of carbonyl (C=O) groups is 2. The fourth-order valence-corrected chi connectivity index (χ4v) is 9.06. The molecular formula is C52H60N6O5. The molecule has 1 atom stereocenters. The van der Waals surface area contributed by atoms with E-state index in [0.29, 0.717) is 13.0 Å². The van der Waals surface area contributed by atoms with Gasteiger partial charge in [-0.05, 0) is 60.4 Å². The fraction of sp³-hybridized carbons (Fsp3) is 0.385. The number of aromatic nitrogens is 2. The monoisotopic (exact) mass is 848 g/mol. The number of fused-ring (bicyclic) bond motifs is 2. The second-order valence-corrected chi connectivity index (χ2v) is 17.1. The van der Waals surface area contributed by atoms with Crippen molar-refractivity contribution in [3.8, 4) is 33.8 Å². The van der Waals surface area contributed by atoms with E-state index >= 15 is 0 Å². The zero-order valence-electron chi connectivity index (χ0n) is 37.3. The number of carbonyl (C=O) groups excluding carboxylic acids is 2. The third-order valence-corrected chi connectivity index (χ3v) is 12.4. The van der Waals surface area contributed by atoms with Crippen LogP contribution in [0, 0.1) is 0 Å². The summed E-state index contributed by atoms with van der Waals surface area (Å²) in [5.74, 6) is 2.13. The number of pyridine rings is 2. The van der Waals surface area contributed by atoms with E-state index in [1.54, 1.807) is 0 Å². The van der Waals surface area contributed by atoms with Crippen molar-refractivity contribution in [1.82, 2.24) is 19.8 Å². The van der Waals surface area contributed by atoms with Crippen LogP contribution >= 0.6 is 0 Å². The first-order valence-corrected chi connectivity index (χ1v) is 22.5. The lowest BCUT2D eigenvalue weighted by Gasteiger charge is -2.33. The molecular weight excluding hydrogens is 789 g/mol. The Labute approximate surface area is 371 Å². The summed E-state index contributed by atoms with van der Waals surface area (Å²) in [5, 5.41) is 2.27. The molecule has 2 amide bonds. The summed E-state index contributed by atoms with van der Waals surface area (Å²) in [5.41, 5.74) is 8.83. The van der Waals surface area contributed by atoms with Crippen LogP contribution in [0.3, 0.4) is 0 Å². The highest BCUT2D eigenvalue weighted by Gasteiger charge is 2.31. The molecule has 0 unspecified atom stereocenters. The highest BCUT2D eigenvalue weighted by atomic mass is 16.5. The lowest BCUT2D eigenvalue weighted by molar-refractivity contribution is -0.142. The van der Waals surface area contributed by atoms with Gasteiger partial charge in [-0.3, -0.25) is 19.6 Å². The Hall–Kier alpha value is -6.20. The Kier molecular flexibility index (Phi) is 13.7. The van der Waals surface area contributed by atoms with Gasteiger partial charge in [0.15, 0.2) is 0 Å². The largest absolute Gasteiger partial charge is 0.490 e. The molecule has 0 saturated carbocycles. The first-order valence-electron chi connectivity index (χ1n) is 22.5. The van der Waals surface area contributed by atoms with E-state index < -0.39 is 0 Å². The van der Waals surface area contributed by atoms with Crippen LogP contribution in [0.25, 0.3) is 44.1 Å². The van der Waals surface area contributed by atoms with Crippen LogP contribution in [-0.4, -0.2) is 111 Å². The third kappa shape index (κ3) is 10.0. The molecule has 3 aliphatic heterocycles. The molecule has 0 N–H and O–H groups in total. The molecule has 11 heteroatoms. The molecule has 2 aromatic heterocycles. The number of piperidine rings is 2. The summed E-state index contributed by atoms with van der Waals surface area (Å²) in [6.07, 6.45) is 9.63. The number of hydrogen-bond acceptors (Lipinski definition) is 9. The predicted octanol–water partition coefficient (Wildman–Crippen LogP) is 9.26. The average Bonchev–Trinajstić information content (AvgIpc) is 3.87. The van der Waals surface area contributed by atoms with Crippen LogP contribution in [-0.2, 0) is 14.3 Å². The van der Waals surface area contributed by atoms with Crippen molar-refractivity contribution in [3.63, 3.8) is 0 Å². The van der Waals surface area contributed by atoms with E-state index in [1.807, 2.05) is 65.5 Å². The van der Waals surface area contributed by atoms with Crippen molar-refractivity contribution in [2.75, 3.05) is 70.8 Å². The van der Waals surface area contributed by atoms with E-state index in [0.717, 1.165) is 132 Å². The fourth-order valence-electron chi connectivity index (χ4n) is 9.06. The van der Waals surface area contributed by atoms with Gasteiger partial charge < -0.3 is 33.8 Å². The molecule has 6 aromatic rings. The van der Waals surface area contributed by atoms with Gasteiger partial charge in [0.05, 0.1) is 22.4 Å². The predicted molar refractivity (Wildman–Crippen MR) is 253 cm³/mol. The maximum absolute atomic E-state index is 12.5. The minimum atomic E-state index is -0.229. The van der Waals surface area contributed by atoms with Gasteiger partial charge in [0.2, 0.25) is 5.91 Å². The van der Waals surface area contributed by atoms with Crippen molar-refractivity contribution in [2.24, 2.45) is 0 Å². The smallest absolute Gasteiger partial charge is 0.251 e. The van der Waals surface area contributed by atoms with Gasteiger partial charge in [-0.1, -0.05) is 67.6 Å². The van der Waals surface area contributed by atoms with Gasteiger partial charge in [0, 0.05) is 127 Å². The van der Waals surface area contributed by atoms with Crippen molar-refractivity contribution in [2.45, 2.75) is 70.2 Å². The summed E-state index contributed by atoms with van der Waals surface area (Å²) in [6.45, 7) is 5.66. The number of ether oxygens (including phenoxy) is 3. The Morgan fingerprint density at radius 3 is 1.49 bits per heavy atom. The summed E-state index contributed by atoms with van der Waals surface area (Å²) in [6, 6.07) is 33.3. The van der Waals surface area contributed by atoms with Gasteiger partial charge in [-0.15, -0.1) is 0 Å². The molecule has 9 rings (SSSR count). The summed E-state index contributed by atoms with van der Waals surface area (Å²) in [4.78, 5) is 41.8. The summed E-state index contributed by atoms with van der Waals surface area (Å²) >= 11 is 0. The molecule has 63 heavy (non-hydrogen) atoms. The number of nitrogens with zero attached hydrogens (tertiary/aromatic N) is 6. The number of anilines is 2. The van der Waals surface area contributed by atoms with Crippen LogP contribution < -0.4 is 19.3 Å². The van der Waals surface area contributed by atoms with Gasteiger partial charge in [-0.2, -0.15) is 0 Å². The molecule has 0 bridgehead atoms. The van der Waals surface area contributed by atoms with Crippen LogP contribution in [0.1, 0.15) is 51.9 Å². The minimum absolute atomic E-state index is 0.131. The standard InChI is InChI=1S/C27H31N3O3.C25H29N3O2/c1-29(2)26-23(12-9-20-5-3-15-28-25(20)26)19-7-10-21(11-8-19)33-22-13-16-30(17-14-22)27(31)24-6-4-18-32-24;1-4-23(29)28-16-13-21(14-17-28)30-20-10-7-18(8-11-20)22-12-9-19-6-5-15-26-24(19)25(22)27(2)3/h3,5,7-12,15,22,24H,4,6,13-14,16-18H2,1-2H3;5-12,15,21H,4,13-14,16-17H2,1-3H3/t24-;/m1./s1. The van der Waals surface area contributed by atoms with E-state index in [2.05, 4.69) is 109 Å². The maximum atomic E-state index is 12.5. The third-order valence-electron chi connectivity index (χ3n) is 12.4. The molecule has 0 aliphatic carbocycles. The zero-order valence-corrected chi connectivity index (χ0v) is 37.3. The SMILES string of the molecule is CCC(=O)N1CCC(Oc2ccc(-c3ccc4cccnc4c3N(C)C)cc2)CC1.CN(C)c1c(-c2ccc(OC3CCN(C(=O)[C@H]4CCCO4)CC3)cc2)ccc2cccnc12. The summed E-state index contributed by atoms with van der Waals surface area (Å²) < 4.78 is 18.0. The Morgan fingerprint density at radius 1 is 0.619 bits per heavy atom. The molecule has 11 nitrogen and oxygen atoms in total. The first-order chi connectivity index (χ1) is 30.7.